The summed E-state index contributed by atoms with van der Waals surface area (Å²) < 4.78 is 32.8. The number of benzene rings is 1. The molecule has 4 rings (SSSR count). The van der Waals surface area contributed by atoms with Crippen molar-refractivity contribution in [1.82, 2.24) is 14.2 Å². The molecule has 3 heterocycles. The van der Waals surface area contributed by atoms with Gasteiger partial charge in [0.05, 0.1) is 22.6 Å². The zero-order chi connectivity index (χ0) is 22.9. The molecule has 0 N–H and O–H groups in total. The van der Waals surface area contributed by atoms with E-state index in [0.717, 1.165) is 30.0 Å². The predicted molar refractivity (Wildman–Crippen MR) is 125 cm³/mol. The summed E-state index contributed by atoms with van der Waals surface area (Å²) in [4.78, 5) is 19.7. The quantitative estimate of drug-likeness (QED) is 0.604. The molecule has 0 spiro atoms. The number of aromatic nitrogens is 1. The lowest BCUT2D eigenvalue weighted by Crippen LogP contribution is -2.38. The molecular formula is C22H28ClN3O4S2. The summed E-state index contributed by atoms with van der Waals surface area (Å²) in [6, 6.07) is 4.97. The van der Waals surface area contributed by atoms with Gasteiger partial charge in [-0.25, -0.2) is 13.4 Å². The molecular weight excluding hydrogens is 470 g/mol. The number of likely N-dealkylation sites (tertiary alicyclic amines) is 1. The van der Waals surface area contributed by atoms with Crippen LogP contribution in [0.2, 0.25) is 5.02 Å². The first-order valence-corrected chi connectivity index (χ1v) is 13.5. The second-order valence-corrected chi connectivity index (χ2v) is 11.6. The molecule has 1 amide bonds. The minimum atomic E-state index is -3.58. The van der Waals surface area contributed by atoms with Crippen LogP contribution in [0.3, 0.4) is 0 Å². The lowest BCUT2D eigenvalue weighted by Gasteiger charge is -2.30. The third-order valence-corrected chi connectivity index (χ3v) is 9.63. The number of hydrogen-bond acceptors (Lipinski definition) is 6. The van der Waals surface area contributed by atoms with E-state index < -0.39 is 10.0 Å². The fourth-order valence-electron chi connectivity index (χ4n) is 4.42. The van der Waals surface area contributed by atoms with E-state index >= 15 is 0 Å². The fraction of sp³-hybridized carbons (Fsp3) is 0.545. The Morgan fingerprint density at radius 2 is 2.00 bits per heavy atom. The maximum absolute atomic E-state index is 13.0. The van der Waals surface area contributed by atoms with Crippen LogP contribution in [-0.4, -0.2) is 67.9 Å². The van der Waals surface area contributed by atoms with Gasteiger partial charge >= 0.3 is 0 Å². The standard InChI is InChI=1S/C22H28ClN3O4S2/c1-15-5-6-18(12-19(15)23)32(28,29)25-10-7-16(8-11-25)21-24-20(14-31-21)22(27)26-9-3-4-17(26)13-30-2/h5-6,12,14,16-17H,3-4,7-11,13H2,1-2H3. The summed E-state index contributed by atoms with van der Waals surface area (Å²) in [6.45, 7) is 3.96. The van der Waals surface area contributed by atoms with E-state index in [1.165, 1.54) is 21.7 Å². The van der Waals surface area contributed by atoms with Gasteiger partial charge in [-0.05, 0) is 50.3 Å². The van der Waals surface area contributed by atoms with Crippen molar-refractivity contribution in [1.29, 1.82) is 0 Å². The van der Waals surface area contributed by atoms with Crippen LogP contribution in [-0.2, 0) is 14.8 Å². The van der Waals surface area contributed by atoms with Crippen molar-refractivity contribution in [2.24, 2.45) is 0 Å². The summed E-state index contributed by atoms with van der Waals surface area (Å²) in [5, 5.41) is 3.19. The molecule has 1 aromatic carbocycles. The number of rotatable bonds is 6. The van der Waals surface area contributed by atoms with Crippen molar-refractivity contribution in [2.45, 2.75) is 49.5 Å². The highest BCUT2D eigenvalue weighted by atomic mass is 35.5. The molecule has 32 heavy (non-hydrogen) atoms. The summed E-state index contributed by atoms with van der Waals surface area (Å²) in [7, 11) is -1.92. The Balaban J connectivity index is 1.40. The van der Waals surface area contributed by atoms with Gasteiger partial charge in [-0.3, -0.25) is 4.79 Å². The minimum Gasteiger partial charge on any atom is -0.383 e. The van der Waals surface area contributed by atoms with Gasteiger partial charge < -0.3 is 9.64 Å². The molecule has 7 nitrogen and oxygen atoms in total. The van der Waals surface area contributed by atoms with Gasteiger partial charge in [0.2, 0.25) is 10.0 Å². The second-order valence-electron chi connectivity index (χ2n) is 8.41. The first-order valence-electron chi connectivity index (χ1n) is 10.8. The van der Waals surface area contributed by atoms with E-state index in [4.69, 9.17) is 16.3 Å². The number of methoxy groups -OCH3 is 1. The van der Waals surface area contributed by atoms with Crippen molar-refractivity contribution < 1.29 is 17.9 Å². The SMILES string of the molecule is COCC1CCCN1C(=O)c1csc(C2CCN(S(=O)(=O)c3ccc(C)c(Cl)c3)CC2)n1. The topological polar surface area (TPSA) is 79.8 Å². The fourth-order valence-corrected chi connectivity index (χ4v) is 7.12. The number of carbonyl (C=O) groups excluding carboxylic acids is 1. The van der Waals surface area contributed by atoms with E-state index in [9.17, 15) is 13.2 Å². The molecule has 2 aliphatic rings. The lowest BCUT2D eigenvalue weighted by molar-refractivity contribution is 0.0625. The van der Waals surface area contributed by atoms with Gasteiger partial charge in [0, 0.05) is 43.1 Å². The summed E-state index contributed by atoms with van der Waals surface area (Å²) in [5.74, 6) is 0.117. The van der Waals surface area contributed by atoms with Gasteiger partial charge in [0.25, 0.3) is 5.91 Å². The summed E-state index contributed by atoms with van der Waals surface area (Å²) in [6.07, 6.45) is 3.29. The molecule has 2 saturated heterocycles. The predicted octanol–water partition coefficient (Wildman–Crippen LogP) is 3.92. The first-order chi connectivity index (χ1) is 15.3. The highest BCUT2D eigenvalue weighted by Crippen LogP contribution is 2.33. The molecule has 0 radical (unpaired) electrons. The van der Waals surface area contributed by atoms with Crippen LogP contribution in [0.5, 0.6) is 0 Å². The number of nitrogens with zero attached hydrogens (tertiary/aromatic N) is 3. The molecule has 10 heteroatoms. The number of sulfonamides is 1. The Bertz CT molecular complexity index is 1080. The number of carbonyl (C=O) groups is 1. The highest BCUT2D eigenvalue weighted by molar-refractivity contribution is 7.89. The van der Waals surface area contributed by atoms with Crippen LogP contribution in [0.1, 0.15) is 52.7 Å². The molecule has 0 aliphatic carbocycles. The summed E-state index contributed by atoms with van der Waals surface area (Å²) >= 11 is 7.63. The number of amides is 1. The van der Waals surface area contributed by atoms with Crippen LogP contribution in [0.4, 0.5) is 0 Å². The Morgan fingerprint density at radius 3 is 2.69 bits per heavy atom. The maximum Gasteiger partial charge on any atom is 0.273 e. The van der Waals surface area contributed by atoms with Crippen molar-refractivity contribution >= 4 is 38.9 Å². The monoisotopic (exact) mass is 497 g/mol. The van der Waals surface area contributed by atoms with Crippen molar-refractivity contribution in [3.63, 3.8) is 0 Å². The molecule has 1 unspecified atom stereocenters. The van der Waals surface area contributed by atoms with Crippen LogP contribution >= 0.6 is 22.9 Å². The second kappa shape index (κ2) is 9.77. The van der Waals surface area contributed by atoms with Crippen molar-refractivity contribution in [3.8, 4) is 0 Å². The molecule has 1 atom stereocenters. The first kappa shape index (κ1) is 23.6. The Labute approximate surface area is 198 Å². The molecule has 0 bridgehead atoms. The number of piperidine rings is 1. The molecule has 2 aliphatic heterocycles. The van der Waals surface area contributed by atoms with Crippen molar-refractivity contribution in [2.75, 3.05) is 33.4 Å². The van der Waals surface area contributed by atoms with E-state index in [-0.39, 0.29) is 22.8 Å². The maximum atomic E-state index is 13.0. The number of thiazole rings is 1. The Morgan fingerprint density at radius 1 is 1.25 bits per heavy atom. The van der Waals surface area contributed by atoms with Crippen molar-refractivity contribution in [3.05, 3.63) is 44.9 Å². The number of hydrogen-bond donors (Lipinski definition) is 0. The summed E-state index contributed by atoms with van der Waals surface area (Å²) in [5.41, 5.74) is 1.33. The third-order valence-electron chi connectivity index (χ3n) is 6.32. The van der Waals surface area contributed by atoms with Crippen LogP contribution < -0.4 is 0 Å². The van der Waals surface area contributed by atoms with Gasteiger partial charge in [-0.1, -0.05) is 17.7 Å². The van der Waals surface area contributed by atoms with Gasteiger partial charge in [-0.2, -0.15) is 4.31 Å². The van der Waals surface area contributed by atoms with Gasteiger partial charge in [-0.15, -0.1) is 11.3 Å². The zero-order valence-corrected chi connectivity index (χ0v) is 20.7. The number of halogens is 1. The molecule has 2 fully saturated rings. The number of aryl methyl sites for hydroxylation is 1. The Kier molecular flexibility index (Phi) is 7.21. The lowest BCUT2D eigenvalue weighted by atomic mass is 9.99. The normalized spacial score (nSPS) is 20.7. The van der Waals surface area contributed by atoms with Crippen LogP contribution in [0.25, 0.3) is 0 Å². The van der Waals surface area contributed by atoms with E-state index in [2.05, 4.69) is 4.98 Å². The van der Waals surface area contributed by atoms with E-state index in [1.54, 1.807) is 19.2 Å². The van der Waals surface area contributed by atoms with Gasteiger partial charge in [0.15, 0.2) is 0 Å². The molecule has 0 saturated carbocycles. The average Bonchev–Trinajstić information content (AvgIpc) is 3.45. The zero-order valence-electron chi connectivity index (χ0n) is 18.3. The molecule has 174 valence electrons. The Hall–Kier alpha value is -1.52. The largest absolute Gasteiger partial charge is 0.383 e. The van der Waals surface area contributed by atoms with Crippen LogP contribution in [0.15, 0.2) is 28.5 Å². The van der Waals surface area contributed by atoms with Gasteiger partial charge in [0.1, 0.15) is 5.69 Å². The molecule has 1 aromatic heterocycles. The van der Waals surface area contributed by atoms with E-state index in [1.807, 2.05) is 17.2 Å². The average molecular weight is 498 g/mol. The highest BCUT2D eigenvalue weighted by Gasteiger charge is 2.33. The minimum absolute atomic E-state index is 0.0386. The van der Waals surface area contributed by atoms with E-state index in [0.29, 0.717) is 43.3 Å². The molecule has 2 aromatic rings. The van der Waals surface area contributed by atoms with Crippen LogP contribution in [0, 0.1) is 6.92 Å². The third kappa shape index (κ3) is 4.72. The number of ether oxygens (including phenoxy) is 1. The smallest absolute Gasteiger partial charge is 0.273 e.